The molecule has 1 saturated heterocycles. The first-order valence-corrected chi connectivity index (χ1v) is 7.85. The zero-order chi connectivity index (χ0) is 15.0. The average Bonchev–Trinajstić information content (AvgIpc) is 2.45. The molecule has 0 aromatic heterocycles. The van der Waals surface area contributed by atoms with Crippen LogP contribution in [0.3, 0.4) is 0 Å². The predicted molar refractivity (Wildman–Crippen MR) is 80.4 cm³/mol. The quantitative estimate of drug-likeness (QED) is 0.657. The van der Waals surface area contributed by atoms with Gasteiger partial charge < -0.3 is 16.0 Å². The molecule has 0 aromatic carbocycles. The molecule has 1 heterocycles. The zero-order valence-electron chi connectivity index (χ0n) is 13.1. The van der Waals surface area contributed by atoms with Gasteiger partial charge in [0.05, 0.1) is 5.41 Å². The van der Waals surface area contributed by atoms with Crippen LogP contribution < -0.4 is 16.0 Å². The van der Waals surface area contributed by atoms with Crippen molar-refractivity contribution in [2.75, 3.05) is 19.6 Å². The van der Waals surface area contributed by atoms with Gasteiger partial charge in [0, 0.05) is 13.1 Å². The Kier molecular flexibility index (Phi) is 6.99. The van der Waals surface area contributed by atoms with Gasteiger partial charge in [-0.05, 0) is 39.2 Å². The second kappa shape index (κ2) is 8.25. The van der Waals surface area contributed by atoms with E-state index >= 15 is 0 Å². The molecule has 5 heteroatoms. The number of carbonyl (C=O) groups is 2. The molecule has 1 rings (SSSR count). The highest BCUT2D eigenvalue weighted by Gasteiger charge is 2.39. The Morgan fingerprint density at radius 2 is 2.05 bits per heavy atom. The fraction of sp³-hybridized carbons (Fsp3) is 0.867. The fourth-order valence-corrected chi connectivity index (χ4v) is 2.78. The third-order valence-electron chi connectivity index (χ3n) is 3.97. The molecule has 1 aliphatic heterocycles. The highest BCUT2D eigenvalue weighted by molar-refractivity contribution is 5.90. The number of nitrogens with one attached hydrogen (secondary N) is 3. The Hall–Kier alpha value is -1.10. The van der Waals surface area contributed by atoms with Crippen molar-refractivity contribution in [1.29, 1.82) is 0 Å². The van der Waals surface area contributed by atoms with Gasteiger partial charge in [0.15, 0.2) is 0 Å². The first-order valence-electron chi connectivity index (χ1n) is 7.85. The van der Waals surface area contributed by atoms with Crippen LogP contribution in [0, 0.1) is 5.41 Å². The van der Waals surface area contributed by atoms with Crippen LogP contribution in [0.1, 0.15) is 52.9 Å². The largest absolute Gasteiger partial charge is 0.354 e. The topological polar surface area (TPSA) is 70.2 Å². The Bertz CT molecular complexity index is 320. The van der Waals surface area contributed by atoms with Crippen molar-refractivity contribution < 1.29 is 9.59 Å². The maximum Gasteiger partial charge on any atom is 0.242 e. The van der Waals surface area contributed by atoms with Gasteiger partial charge in [-0.3, -0.25) is 9.59 Å². The van der Waals surface area contributed by atoms with Crippen molar-refractivity contribution in [3.8, 4) is 0 Å². The molecule has 2 unspecified atom stereocenters. The summed E-state index contributed by atoms with van der Waals surface area (Å²) >= 11 is 0. The van der Waals surface area contributed by atoms with E-state index < -0.39 is 6.04 Å². The molecule has 2 atom stereocenters. The van der Waals surface area contributed by atoms with Gasteiger partial charge in [0.25, 0.3) is 0 Å². The molecule has 3 N–H and O–H groups in total. The minimum absolute atomic E-state index is 0.0192. The van der Waals surface area contributed by atoms with Gasteiger partial charge in [-0.2, -0.15) is 0 Å². The summed E-state index contributed by atoms with van der Waals surface area (Å²) in [5, 5.41) is 9.03. The van der Waals surface area contributed by atoms with Gasteiger partial charge >= 0.3 is 0 Å². The molecule has 0 radical (unpaired) electrons. The van der Waals surface area contributed by atoms with Crippen molar-refractivity contribution in [3.63, 3.8) is 0 Å². The van der Waals surface area contributed by atoms with Crippen molar-refractivity contribution in [3.05, 3.63) is 0 Å². The molecular formula is C15H29N3O2. The molecule has 0 spiro atoms. The minimum atomic E-state index is -0.468. The zero-order valence-corrected chi connectivity index (χ0v) is 13.1. The van der Waals surface area contributed by atoms with Crippen LogP contribution in [-0.2, 0) is 9.59 Å². The number of carbonyl (C=O) groups excluding carboxylic acids is 2. The molecule has 1 aliphatic rings. The first-order chi connectivity index (χ1) is 9.55. The molecule has 0 saturated carbocycles. The summed E-state index contributed by atoms with van der Waals surface area (Å²) in [6, 6.07) is -0.468. The van der Waals surface area contributed by atoms with Crippen LogP contribution in [-0.4, -0.2) is 37.5 Å². The van der Waals surface area contributed by atoms with Gasteiger partial charge in [-0.15, -0.1) is 0 Å². The molecule has 0 bridgehead atoms. The molecule has 116 valence electrons. The molecule has 0 aromatic rings. The minimum Gasteiger partial charge on any atom is -0.354 e. The van der Waals surface area contributed by atoms with Crippen molar-refractivity contribution in [2.45, 2.75) is 58.9 Å². The lowest BCUT2D eigenvalue weighted by Gasteiger charge is -2.36. The molecule has 1 fully saturated rings. The Morgan fingerprint density at radius 1 is 1.30 bits per heavy atom. The van der Waals surface area contributed by atoms with E-state index in [-0.39, 0.29) is 17.2 Å². The van der Waals surface area contributed by atoms with E-state index in [4.69, 9.17) is 0 Å². The molecule has 5 nitrogen and oxygen atoms in total. The van der Waals surface area contributed by atoms with Crippen LogP contribution >= 0.6 is 0 Å². The second-order valence-corrected chi connectivity index (χ2v) is 5.80. The van der Waals surface area contributed by atoms with Crippen LogP contribution in [0.5, 0.6) is 0 Å². The number of amides is 2. The monoisotopic (exact) mass is 283 g/mol. The highest BCUT2D eigenvalue weighted by Crippen LogP contribution is 2.31. The summed E-state index contributed by atoms with van der Waals surface area (Å²) in [7, 11) is 0. The van der Waals surface area contributed by atoms with E-state index in [1.807, 2.05) is 6.92 Å². The molecule has 0 aliphatic carbocycles. The van der Waals surface area contributed by atoms with Gasteiger partial charge in [0.2, 0.25) is 11.8 Å². The summed E-state index contributed by atoms with van der Waals surface area (Å²) in [5.74, 6) is -0.0821. The molecular weight excluding hydrogens is 254 g/mol. The average molecular weight is 283 g/mol. The molecule has 2 amide bonds. The smallest absolute Gasteiger partial charge is 0.242 e. The number of hydrogen-bond acceptors (Lipinski definition) is 3. The van der Waals surface area contributed by atoms with Crippen LogP contribution in [0.2, 0.25) is 0 Å². The van der Waals surface area contributed by atoms with E-state index in [9.17, 15) is 9.59 Å². The summed E-state index contributed by atoms with van der Waals surface area (Å²) in [6.07, 6.45) is 4.67. The van der Waals surface area contributed by atoms with E-state index in [1.165, 1.54) is 0 Å². The summed E-state index contributed by atoms with van der Waals surface area (Å²) in [6.45, 7) is 8.20. The highest BCUT2D eigenvalue weighted by atomic mass is 16.2. The van der Waals surface area contributed by atoms with E-state index in [2.05, 4.69) is 22.9 Å². The van der Waals surface area contributed by atoms with Crippen molar-refractivity contribution in [2.24, 2.45) is 5.41 Å². The van der Waals surface area contributed by atoms with Crippen LogP contribution in [0.25, 0.3) is 0 Å². The SMILES string of the molecule is CCCNC(=O)C(C)NC(=O)C1(CCC)CCCNC1. The number of rotatable bonds is 7. The first kappa shape index (κ1) is 17.0. The third kappa shape index (κ3) is 4.47. The van der Waals surface area contributed by atoms with Crippen LogP contribution in [0.15, 0.2) is 0 Å². The van der Waals surface area contributed by atoms with Gasteiger partial charge in [0.1, 0.15) is 6.04 Å². The summed E-state index contributed by atoms with van der Waals surface area (Å²) < 4.78 is 0. The Balaban J connectivity index is 2.59. The second-order valence-electron chi connectivity index (χ2n) is 5.80. The maximum absolute atomic E-state index is 12.6. The van der Waals surface area contributed by atoms with Crippen LogP contribution in [0.4, 0.5) is 0 Å². The summed E-state index contributed by atoms with van der Waals surface area (Å²) in [5.41, 5.74) is -0.341. The van der Waals surface area contributed by atoms with Crippen molar-refractivity contribution >= 4 is 11.8 Å². The van der Waals surface area contributed by atoms with Crippen molar-refractivity contribution in [1.82, 2.24) is 16.0 Å². The Labute approximate surface area is 122 Å². The summed E-state index contributed by atoms with van der Waals surface area (Å²) in [4.78, 5) is 24.4. The number of piperidine rings is 1. The maximum atomic E-state index is 12.6. The lowest BCUT2D eigenvalue weighted by atomic mass is 9.76. The standard InChI is InChI=1S/C15H29N3O2/c1-4-7-15(8-6-10-16-11-15)14(20)18-12(3)13(19)17-9-5-2/h12,16H,4-11H2,1-3H3,(H,17,19)(H,18,20). The predicted octanol–water partition coefficient (Wildman–Crippen LogP) is 1.19. The normalized spacial score (nSPS) is 23.9. The van der Waals surface area contributed by atoms with E-state index in [0.717, 1.165) is 45.2 Å². The Morgan fingerprint density at radius 3 is 2.60 bits per heavy atom. The van der Waals surface area contributed by atoms with Gasteiger partial charge in [-0.25, -0.2) is 0 Å². The van der Waals surface area contributed by atoms with Gasteiger partial charge in [-0.1, -0.05) is 20.3 Å². The fourth-order valence-electron chi connectivity index (χ4n) is 2.78. The molecule has 20 heavy (non-hydrogen) atoms. The third-order valence-corrected chi connectivity index (χ3v) is 3.97. The lowest BCUT2D eigenvalue weighted by Crippen LogP contribution is -2.55. The van der Waals surface area contributed by atoms with E-state index in [0.29, 0.717) is 6.54 Å². The number of hydrogen-bond donors (Lipinski definition) is 3. The lowest BCUT2D eigenvalue weighted by molar-refractivity contribution is -0.136. The van der Waals surface area contributed by atoms with E-state index in [1.54, 1.807) is 6.92 Å².